The maximum Gasteiger partial charge on any atom is 0.120 e. The Morgan fingerprint density at radius 1 is 1.67 bits per heavy atom. The molecule has 0 saturated carbocycles. The van der Waals surface area contributed by atoms with Crippen LogP contribution in [-0.2, 0) is 0 Å². The van der Waals surface area contributed by atoms with Gasteiger partial charge in [-0.1, -0.05) is 12.5 Å². The molecular weight excluding hydrogens is 152 g/mol. The number of hydrogen-bond donors (Lipinski definition) is 2. The van der Waals surface area contributed by atoms with E-state index in [0.29, 0.717) is 6.04 Å². The highest BCUT2D eigenvalue weighted by atomic mass is 16.5. The Labute approximate surface area is 73.2 Å². The van der Waals surface area contributed by atoms with Gasteiger partial charge in [0.2, 0.25) is 0 Å². The van der Waals surface area contributed by atoms with Crippen molar-refractivity contribution in [3.8, 4) is 0 Å². The molecule has 0 saturated heterocycles. The van der Waals surface area contributed by atoms with Crippen LogP contribution in [0.15, 0.2) is 17.6 Å². The van der Waals surface area contributed by atoms with Crippen molar-refractivity contribution in [1.82, 2.24) is 5.48 Å². The zero-order valence-corrected chi connectivity index (χ0v) is 7.29. The number of hydroxylamine groups is 1. The molecule has 1 rings (SSSR count). The second kappa shape index (κ2) is 4.93. The monoisotopic (exact) mass is 168 g/mol. The Bertz CT molecular complexity index is 177. The molecule has 3 heteroatoms. The van der Waals surface area contributed by atoms with Gasteiger partial charge in [-0.05, 0) is 19.3 Å². The van der Waals surface area contributed by atoms with Gasteiger partial charge in [0, 0.05) is 6.42 Å². The minimum Gasteiger partial charge on any atom is -0.290 e. The molecule has 2 N–H and O–H groups in total. The normalized spacial score (nSPS) is 24.1. The summed E-state index contributed by atoms with van der Waals surface area (Å²) in [6, 6.07) is 0.319. The third-order valence-electron chi connectivity index (χ3n) is 2.11. The van der Waals surface area contributed by atoms with Crippen molar-refractivity contribution < 1.29 is 5.21 Å². The number of hydrogen-bond acceptors (Lipinski definition) is 3. The first kappa shape index (κ1) is 9.26. The molecule has 1 aliphatic heterocycles. The molecule has 0 radical (unpaired) electrons. The van der Waals surface area contributed by atoms with Crippen molar-refractivity contribution in [1.29, 1.82) is 0 Å². The average Bonchev–Trinajstić information content (AvgIpc) is 2.30. The Morgan fingerprint density at radius 3 is 3.17 bits per heavy atom. The van der Waals surface area contributed by atoms with Crippen molar-refractivity contribution in [2.75, 3.05) is 0 Å². The van der Waals surface area contributed by atoms with E-state index in [2.05, 4.69) is 17.1 Å². The number of aliphatic imine (C=N–C) groups is 1. The van der Waals surface area contributed by atoms with Gasteiger partial charge in [-0.3, -0.25) is 15.7 Å². The largest absolute Gasteiger partial charge is 0.290 e. The van der Waals surface area contributed by atoms with Crippen molar-refractivity contribution in [2.24, 2.45) is 4.99 Å². The Kier molecular flexibility index (Phi) is 3.80. The van der Waals surface area contributed by atoms with Crippen LogP contribution in [0, 0.1) is 0 Å². The summed E-state index contributed by atoms with van der Waals surface area (Å²) < 4.78 is 0. The summed E-state index contributed by atoms with van der Waals surface area (Å²) in [6.07, 6.45) is 7.06. The molecule has 1 aliphatic rings. The van der Waals surface area contributed by atoms with Crippen LogP contribution in [0.3, 0.4) is 0 Å². The lowest BCUT2D eigenvalue weighted by molar-refractivity contribution is 0.231. The summed E-state index contributed by atoms with van der Waals surface area (Å²) >= 11 is 0. The first-order valence-electron chi connectivity index (χ1n) is 4.44. The molecule has 1 unspecified atom stereocenters. The van der Waals surface area contributed by atoms with Gasteiger partial charge in [-0.2, -0.15) is 0 Å². The SMILES string of the molecule is C=CCC1CCCCC(NO)=N1. The van der Waals surface area contributed by atoms with Crippen molar-refractivity contribution in [2.45, 2.75) is 38.1 Å². The first-order chi connectivity index (χ1) is 5.86. The molecule has 1 heterocycles. The van der Waals surface area contributed by atoms with Gasteiger partial charge in [0.15, 0.2) is 0 Å². The highest BCUT2D eigenvalue weighted by Crippen LogP contribution is 2.15. The molecule has 0 fully saturated rings. The highest BCUT2D eigenvalue weighted by molar-refractivity contribution is 5.81. The molecule has 0 aromatic heterocycles. The van der Waals surface area contributed by atoms with Crippen molar-refractivity contribution >= 4 is 5.84 Å². The number of nitrogens with one attached hydrogen (secondary N) is 1. The Hall–Kier alpha value is -0.830. The second-order valence-electron chi connectivity index (χ2n) is 3.11. The molecule has 0 bridgehead atoms. The molecule has 0 aromatic rings. The summed E-state index contributed by atoms with van der Waals surface area (Å²) in [6.45, 7) is 3.68. The summed E-state index contributed by atoms with van der Waals surface area (Å²) in [7, 11) is 0. The number of nitrogens with zero attached hydrogens (tertiary/aromatic N) is 1. The fourth-order valence-corrected chi connectivity index (χ4v) is 1.47. The van der Waals surface area contributed by atoms with Crippen LogP contribution in [-0.4, -0.2) is 17.1 Å². The van der Waals surface area contributed by atoms with Gasteiger partial charge < -0.3 is 0 Å². The van der Waals surface area contributed by atoms with Crippen LogP contribution in [0.25, 0.3) is 0 Å². The van der Waals surface area contributed by atoms with Crippen LogP contribution < -0.4 is 5.48 Å². The van der Waals surface area contributed by atoms with Crippen molar-refractivity contribution in [3.05, 3.63) is 12.7 Å². The molecule has 68 valence electrons. The van der Waals surface area contributed by atoms with E-state index in [-0.39, 0.29) is 0 Å². The summed E-state index contributed by atoms with van der Waals surface area (Å²) in [5, 5.41) is 8.70. The maximum atomic E-state index is 8.70. The Morgan fingerprint density at radius 2 is 2.50 bits per heavy atom. The van der Waals surface area contributed by atoms with Gasteiger partial charge in [0.1, 0.15) is 5.84 Å². The molecule has 0 spiro atoms. The molecular formula is C9H16N2O. The zero-order valence-electron chi connectivity index (χ0n) is 7.29. The van der Waals surface area contributed by atoms with Gasteiger partial charge in [0.25, 0.3) is 0 Å². The smallest absolute Gasteiger partial charge is 0.120 e. The van der Waals surface area contributed by atoms with E-state index in [1.54, 1.807) is 0 Å². The van der Waals surface area contributed by atoms with Crippen LogP contribution in [0.5, 0.6) is 0 Å². The fraction of sp³-hybridized carbons (Fsp3) is 0.667. The Balaban J connectivity index is 2.53. The minimum absolute atomic E-state index is 0.319. The lowest BCUT2D eigenvalue weighted by Crippen LogP contribution is -2.20. The van der Waals surface area contributed by atoms with Gasteiger partial charge in [-0.25, -0.2) is 0 Å². The molecule has 0 aliphatic carbocycles. The number of rotatable bonds is 2. The van der Waals surface area contributed by atoms with E-state index >= 15 is 0 Å². The van der Waals surface area contributed by atoms with Gasteiger partial charge >= 0.3 is 0 Å². The molecule has 12 heavy (non-hydrogen) atoms. The van der Waals surface area contributed by atoms with Crippen LogP contribution >= 0.6 is 0 Å². The summed E-state index contributed by atoms with van der Waals surface area (Å²) in [5.74, 6) is 0.722. The lowest BCUT2D eigenvalue weighted by Gasteiger charge is -2.07. The quantitative estimate of drug-likeness (QED) is 0.488. The molecule has 0 amide bonds. The summed E-state index contributed by atoms with van der Waals surface area (Å²) in [4.78, 5) is 4.37. The van der Waals surface area contributed by atoms with E-state index in [9.17, 15) is 0 Å². The standard InChI is InChI=1S/C9H16N2O/c1-2-5-8-6-3-4-7-9(10-8)11-12/h2,8,12H,1,3-7H2,(H,10,11). The fourth-order valence-electron chi connectivity index (χ4n) is 1.47. The summed E-state index contributed by atoms with van der Waals surface area (Å²) in [5.41, 5.74) is 2.15. The minimum atomic E-state index is 0.319. The number of amidine groups is 1. The third-order valence-corrected chi connectivity index (χ3v) is 2.11. The lowest BCUT2D eigenvalue weighted by atomic mass is 10.1. The van der Waals surface area contributed by atoms with E-state index < -0.39 is 0 Å². The first-order valence-corrected chi connectivity index (χ1v) is 4.44. The zero-order chi connectivity index (χ0) is 8.81. The van der Waals surface area contributed by atoms with E-state index in [4.69, 9.17) is 5.21 Å². The molecule has 3 nitrogen and oxygen atoms in total. The molecule has 0 aromatic carbocycles. The predicted molar refractivity (Wildman–Crippen MR) is 49.4 cm³/mol. The third kappa shape index (κ3) is 2.66. The highest BCUT2D eigenvalue weighted by Gasteiger charge is 2.11. The van der Waals surface area contributed by atoms with Crippen LogP contribution in [0.1, 0.15) is 32.1 Å². The van der Waals surface area contributed by atoms with E-state index in [0.717, 1.165) is 31.5 Å². The van der Waals surface area contributed by atoms with Gasteiger partial charge in [-0.15, -0.1) is 6.58 Å². The molecule has 1 atom stereocenters. The topological polar surface area (TPSA) is 44.6 Å². The average molecular weight is 168 g/mol. The second-order valence-corrected chi connectivity index (χ2v) is 3.11. The van der Waals surface area contributed by atoms with E-state index in [1.165, 1.54) is 6.42 Å². The van der Waals surface area contributed by atoms with E-state index in [1.807, 2.05) is 6.08 Å². The van der Waals surface area contributed by atoms with Crippen LogP contribution in [0.4, 0.5) is 0 Å². The van der Waals surface area contributed by atoms with Crippen molar-refractivity contribution in [3.63, 3.8) is 0 Å². The van der Waals surface area contributed by atoms with Crippen LogP contribution in [0.2, 0.25) is 0 Å². The maximum absolute atomic E-state index is 8.70. The predicted octanol–water partition coefficient (Wildman–Crippen LogP) is 1.88. The van der Waals surface area contributed by atoms with Gasteiger partial charge in [0.05, 0.1) is 6.04 Å².